The summed E-state index contributed by atoms with van der Waals surface area (Å²) in [5.74, 6) is -0.430. The van der Waals surface area contributed by atoms with Crippen molar-refractivity contribution in [2.75, 3.05) is 6.54 Å². The first-order chi connectivity index (χ1) is 8.90. The number of nitriles is 1. The molecule has 1 N–H and O–H groups in total. The number of carbonyl (C=O) groups excluding carboxylic acids is 2. The fraction of sp³-hybridized carbons (Fsp3) is 0.308. The van der Waals surface area contributed by atoms with Gasteiger partial charge in [-0.15, -0.1) is 0 Å². The molecule has 0 saturated carbocycles. The van der Waals surface area contributed by atoms with Crippen LogP contribution in [0.3, 0.4) is 0 Å². The zero-order valence-corrected chi connectivity index (χ0v) is 11.3. The molecule has 3 amide bonds. The Morgan fingerprint density at radius 2 is 2.16 bits per heavy atom. The lowest BCUT2D eigenvalue weighted by Crippen LogP contribution is -2.41. The lowest BCUT2D eigenvalue weighted by atomic mass is 9.91. The first-order valence-electron chi connectivity index (χ1n) is 5.68. The molecule has 2 rings (SSSR count). The van der Waals surface area contributed by atoms with Gasteiger partial charge in [-0.3, -0.25) is 4.79 Å². The summed E-state index contributed by atoms with van der Waals surface area (Å²) in [6, 6.07) is 6.39. The van der Waals surface area contributed by atoms with E-state index in [1.54, 1.807) is 31.2 Å². The summed E-state index contributed by atoms with van der Waals surface area (Å²) in [6.45, 7) is 3.18. The number of urea groups is 1. The minimum absolute atomic E-state index is 0.257. The fourth-order valence-electron chi connectivity index (χ4n) is 2.06. The molecule has 19 heavy (non-hydrogen) atoms. The lowest BCUT2D eigenvalue weighted by molar-refractivity contribution is -0.130. The number of rotatable bonds is 2. The Bertz CT molecular complexity index is 608. The van der Waals surface area contributed by atoms with Gasteiger partial charge in [-0.05, 0) is 31.0 Å². The molecule has 0 radical (unpaired) electrons. The van der Waals surface area contributed by atoms with E-state index in [2.05, 4.69) is 5.32 Å². The van der Waals surface area contributed by atoms with E-state index in [4.69, 9.17) is 16.9 Å². The van der Waals surface area contributed by atoms with E-state index in [1.807, 2.05) is 6.92 Å². The van der Waals surface area contributed by atoms with Gasteiger partial charge in [-0.1, -0.05) is 23.7 Å². The molecule has 1 heterocycles. The number of hydrogen-bond acceptors (Lipinski definition) is 3. The van der Waals surface area contributed by atoms with Gasteiger partial charge in [0.1, 0.15) is 12.1 Å². The van der Waals surface area contributed by atoms with Crippen molar-refractivity contribution >= 4 is 23.5 Å². The van der Waals surface area contributed by atoms with Crippen molar-refractivity contribution in [2.24, 2.45) is 0 Å². The molecule has 98 valence electrons. The van der Waals surface area contributed by atoms with Crippen LogP contribution in [0.15, 0.2) is 18.2 Å². The molecule has 1 saturated heterocycles. The van der Waals surface area contributed by atoms with Crippen molar-refractivity contribution in [3.05, 3.63) is 34.3 Å². The van der Waals surface area contributed by atoms with Gasteiger partial charge in [0.25, 0.3) is 5.91 Å². The summed E-state index contributed by atoms with van der Waals surface area (Å²) in [4.78, 5) is 24.9. The Morgan fingerprint density at radius 3 is 2.74 bits per heavy atom. The first kappa shape index (κ1) is 13.4. The Hall–Kier alpha value is -2.06. The van der Waals surface area contributed by atoms with Crippen LogP contribution in [0, 0.1) is 18.3 Å². The second-order valence-electron chi connectivity index (χ2n) is 4.57. The molecular formula is C13H12ClN3O2. The molecule has 1 atom stereocenters. The molecule has 0 spiro atoms. The standard InChI is InChI=1S/C13H12ClN3O2/c1-8-7-9(3-4-10(8)14)13(2)11(18)17(6-5-15)12(19)16-13/h3-4,7H,6H2,1-2H3,(H,16,19). The minimum atomic E-state index is -1.15. The maximum atomic E-state index is 12.3. The smallest absolute Gasteiger partial charge is 0.319 e. The van der Waals surface area contributed by atoms with Gasteiger partial charge >= 0.3 is 6.03 Å². The van der Waals surface area contributed by atoms with Crippen LogP contribution in [0.5, 0.6) is 0 Å². The summed E-state index contributed by atoms with van der Waals surface area (Å²) in [5, 5.41) is 11.9. The fourth-order valence-corrected chi connectivity index (χ4v) is 2.18. The van der Waals surface area contributed by atoms with Crippen molar-refractivity contribution in [3.8, 4) is 6.07 Å². The van der Waals surface area contributed by atoms with Crippen LogP contribution in [0.4, 0.5) is 4.79 Å². The van der Waals surface area contributed by atoms with Crippen molar-refractivity contribution in [1.82, 2.24) is 10.2 Å². The number of amides is 3. The number of benzene rings is 1. The highest BCUT2D eigenvalue weighted by Gasteiger charge is 2.48. The molecule has 6 heteroatoms. The number of carbonyl (C=O) groups is 2. The third-order valence-electron chi connectivity index (χ3n) is 3.24. The van der Waals surface area contributed by atoms with Crippen LogP contribution in [0.2, 0.25) is 5.02 Å². The van der Waals surface area contributed by atoms with E-state index in [0.717, 1.165) is 10.5 Å². The maximum Gasteiger partial charge on any atom is 0.326 e. The normalized spacial score (nSPS) is 22.3. The zero-order chi connectivity index (χ0) is 14.2. The predicted molar refractivity (Wildman–Crippen MR) is 69.4 cm³/mol. The van der Waals surface area contributed by atoms with Gasteiger partial charge in [0.2, 0.25) is 0 Å². The number of halogens is 1. The van der Waals surface area contributed by atoms with Crippen molar-refractivity contribution in [2.45, 2.75) is 19.4 Å². The lowest BCUT2D eigenvalue weighted by Gasteiger charge is -2.22. The van der Waals surface area contributed by atoms with Gasteiger partial charge in [0.15, 0.2) is 0 Å². The van der Waals surface area contributed by atoms with Crippen LogP contribution in [-0.4, -0.2) is 23.4 Å². The maximum absolute atomic E-state index is 12.3. The van der Waals surface area contributed by atoms with E-state index in [1.165, 1.54) is 0 Å². The summed E-state index contributed by atoms with van der Waals surface area (Å²) >= 11 is 5.95. The van der Waals surface area contributed by atoms with Crippen molar-refractivity contribution < 1.29 is 9.59 Å². The summed E-state index contributed by atoms with van der Waals surface area (Å²) in [6.07, 6.45) is 0. The highest BCUT2D eigenvalue weighted by atomic mass is 35.5. The van der Waals surface area contributed by atoms with E-state index in [-0.39, 0.29) is 6.54 Å². The SMILES string of the molecule is Cc1cc(C2(C)NC(=O)N(CC#N)C2=O)ccc1Cl. The number of nitrogens with zero attached hydrogens (tertiary/aromatic N) is 2. The van der Waals surface area contributed by atoms with Crippen LogP contribution in [0.25, 0.3) is 0 Å². The van der Waals surface area contributed by atoms with E-state index in [0.29, 0.717) is 10.6 Å². The Labute approximate surface area is 115 Å². The Morgan fingerprint density at radius 1 is 1.47 bits per heavy atom. The van der Waals surface area contributed by atoms with Gasteiger partial charge in [0.05, 0.1) is 6.07 Å². The molecule has 0 aliphatic carbocycles. The highest BCUT2D eigenvalue weighted by Crippen LogP contribution is 2.30. The number of imide groups is 1. The third kappa shape index (κ3) is 2.04. The minimum Gasteiger partial charge on any atom is -0.319 e. The predicted octanol–water partition coefficient (Wildman–Crippen LogP) is 1.94. The van der Waals surface area contributed by atoms with Gasteiger partial charge in [-0.2, -0.15) is 5.26 Å². The zero-order valence-electron chi connectivity index (χ0n) is 10.5. The molecular weight excluding hydrogens is 266 g/mol. The average molecular weight is 278 g/mol. The molecule has 1 unspecified atom stereocenters. The summed E-state index contributed by atoms with van der Waals surface area (Å²) < 4.78 is 0. The highest BCUT2D eigenvalue weighted by molar-refractivity contribution is 6.31. The molecule has 1 aromatic carbocycles. The largest absolute Gasteiger partial charge is 0.326 e. The first-order valence-corrected chi connectivity index (χ1v) is 6.05. The molecule has 1 aliphatic heterocycles. The summed E-state index contributed by atoms with van der Waals surface area (Å²) in [7, 11) is 0. The average Bonchev–Trinajstić information content (AvgIpc) is 2.58. The van der Waals surface area contributed by atoms with Gasteiger partial charge < -0.3 is 5.32 Å². The van der Waals surface area contributed by atoms with E-state index >= 15 is 0 Å². The molecule has 0 bridgehead atoms. The molecule has 1 fully saturated rings. The second kappa shape index (κ2) is 4.56. The number of aryl methyl sites for hydroxylation is 1. The monoisotopic (exact) mass is 277 g/mol. The van der Waals surface area contributed by atoms with Gasteiger partial charge in [-0.25, -0.2) is 9.69 Å². The second-order valence-corrected chi connectivity index (χ2v) is 4.98. The van der Waals surface area contributed by atoms with Crippen LogP contribution in [0.1, 0.15) is 18.1 Å². The van der Waals surface area contributed by atoms with E-state index < -0.39 is 17.5 Å². The molecule has 5 nitrogen and oxygen atoms in total. The quantitative estimate of drug-likeness (QED) is 0.663. The Kier molecular flexibility index (Phi) is 3.21. The van der Waals surface area contributed by atoms with E-state index in [9.17, 15) is 9.59 Å². The number of hydrogen-bond donors (Lipinski definition) is 1. The Balaban J connectivity index is 2.44. The summed E-state index contributed by atoms with van der Waals surface area (Å²) in [5.41, 5.74) is 0.317. The van der Waals surface area contributed by atoms with Crippen LogP contribution in [-0.2, 0) is 10.3 Å². The topological polar surface area (TPSA) is 73.2 Å². The third-order valence-corrected chi connectivity index (χ3v) is 3.66. The van der Waals surface area contributed by atoms with Crippen LogP contribution < -0.4 is 5.32 Å². The molecule has 1 aromatic rings. The van der Waals surface area contributed by atoms with Crippen molar-refractivity contribution in [3.63, 3.8) is 0 Å². The van der Waals surface area contributed by atoms with Crippen molar-refractivity contribution in [1.29, 1.82) is 5.26 Å². The van der Waals surface area contributed by atoms with Gasteiger partial charge in [0, 0.05) is 5.02 Å². The molecule has 0 aromatic heterocycles. The molecule has 1 aliphatic rings. The van der Waals surface area contributed by atoms with Crippen LogP contribution >= 0.6 is 11.6 Å². The number of nitrogens with one attached hydrogen (secondary N) is 1.